The molecular weight excluding hydrogens is 425 g/mol. The molecule has 1 saturated carbocycles. The van der Waals surface area contributed by atoms with E-state index < -0.39 is 17.8 Å². The van der Waals surface area contributed by atoms with Crippen molar-refractivity contribution in [2.24, 2.45) is 0 Å². The van der Waals surface area contributed by atoms with E-state index in [0.29, 0.717) is 28.0 Å². The molecule has 0 atom stereocenters. The van der Waals surface area contributed by atoms with Crippen molar-refractivity contribution in [3.05, 3.63) is 53.3 Å². The number of methoxy groups -OCH3 is 2. The number of hydrogen-bond donors (Lipinski definition) is 0. The summed E-state index contributed by atoms with van der Waals surface area (Å²) in [5, 5.41) is 4.63. The summed E-state index contributed by atoms with van der Waals surface area (Å²) >= 11 is 0. The van der Waals surface area contributed by atoms with Crippen molar-refractivity contribution < 1.29 is 27.4 Å². The second-order valence-corrected chi connectivity index (χ2v) is 7.55. The lowest BCUT2D eigenvalue weighted by molar-refractivity contribution is -0.141. The van der Waals surface area contributed by atoms with Gasteiger partial charge in [0.2, 0.25) is 0 Å². The van der Waals surface area contributed by atoms with E-state index >= 15 is 0 Å². The molecule has 1 aromatic carbocycles. The summed E-state index contributed by atoms with van der Waals surface area (Å²) in [6.45, 7) is 0. The number of alkyl halides is 3. The number of carbonyl (C=O) groups excluding carboxylic acids is 1. The first-order chi connectivity index (χ1) is 15.3. The second-order valence-electron chi connectivity index (χ2n) is 7.55. The van der Waals surface area contributed by atoms with E-state index in [-0.39, 0.29) is 22.9 Å². The Balaban J connectivity index is 1.83. The van der Waals surface area contributed by atoms with Gasteiger partial charge in [0, 0.05) is 5.56 Å². The van der Waals surface area contributed by atoms with Gasteiger partial charge < -0.3 is 9.47 Å². The summed E-state index contributed by atoms with van der Waals surface area (Å²) in [7, 11) is 2.77. The van der Waals surface area contributed by atoms with Gasteiger partial charge in [-0.2, -0.15) is 13.2 Å². The highest BCUT2D eigenvalue weighted by atomic mass is 19.4. The molecule has 0 bridgehead atoms. The average Bonchev–Trinajstić information content (AvgIpc) is 3.57. The Hall–Kier alpha value is -3.69. The van der Waals surface area contributed by atoms with Crippen LogP contribution in [0.25, 0.3) is 27.9 Å². The predicted octanol–water partition coefficient (Wildman–Crippen LogP) is 4.64. The molecule has 0 aliphatic heterocycles. The number of carbonyl (C=O) groups is 1. The van der Waals surface area contributed by atoms with Crippen molar-refractivity contribution in [2.75, 3.05) is 14.2 Å². The zero-order valence-corrected chi connectivity index (χ0v) is 17.1. The molecule has 10 heteroatoms. The molecule has 0 unspecified atom stereocenters. The van der Waals surface area contributed by atoms with Gasteiger partial charge in [-0.15, -0.1) is 5.10 Å². The predicted molar refractivity (Wildman–Crippen MR) is 109 cm³/mol. The Morgan fingerprint density at radius 1 is 1.09 bits per heavy atom. The minimum absolute atomic E-state index is 0.0254. The minimum atomic E-state index is -4.61. The topological polar surface area (TPSA) is 78.6 Å². The molecule has 4 aromatic rings. The number of aromatic nitrogens is 4. The van der Waals surface area contributed by atoms with Gasteiger partial charge in [-0.05, 0) is 60.7 Å². The Kier molecular flexibility index (Phi) is 4.54. The molecule has 1 aliphatic carbocycles. The molecular formula is C22H17F3N4O3. The van der Waals surface area contributed by atoms with Crippen LogP contribution in [0.5, 0.6) is 5.75 Å². The van der Waals surface area contributed by atoms with Crippen LogP contribution in [0.3, 0.4) is 0 Å². The van der Waals surface area contributed by atoms with Gasteiger partial charge in [-0.1, -0.05) is 0 Å². The maximum absolute atomic E-state index is 13.4. The SMILES string of the molecule is COC(=O)c1cc(-c2ccc(OC)cc2)nc2c3c(C4CC4)cc(C(F)(F)F)nc3nn12. The van der Waals surface area contributed by atoms with Gasteiger partial charge in [-0.25, -0.2) is 19.3 Å². The average molecular weight is 442 g/mol. The highest BCUT2D eigenvalue weighted by Gasteiger charge is 2.37. The molecule has 0 spiro atoms. The van der Waals surface area contributed by atoms with E-state index in [0.717, 1.165) is 18.9 Å². The summed E-state index contributed by atoms with van der Waals surface area (Å²) in [6.07, 6.45) is -3.06. The van der Waals surface area contributed by atoms with Gasteiger partial charge in [-0.3, -0.25) is 0 Å². The van der Waals surface area contributed by atoms with Crippen LogP contribution in [-0.4, -0.2) is 39.8 Å². The lowest BCUT2D eigenvalue weighted by Gasteiger charge is -2.09. The van der Waals surface area contributed by atoms with E-state index in [9.17, 15) is 18.0 Å². The number of fused-ring (bicyclic) bond motifs is 3. The van der Waals surface area contributed by atoms with Crippen molar-refractivity contribution in [3.8, 4) is 17.0 Å². The summed E-state index contributed by atoms with van der Waals surface area (Å²) in [5.41, 5.74) is 0.821. The Labute approximate surface area is 179 Å². The largest absolute Gasteiger partial charge is 0.497 e. The van der Waals surface area contributed by atoms with Crippen LogP contribution in [0, 0.1) is 0 Å². The first kappa shape index (κ1) is 20.2. The number of ether oxygens (including phenoxy) is 2. The van der Waals surface area contributed by atoms with E-state index in [2.05, 4.69) is 15.1 Å². The van der Waals surface area contributed by atoms with Crippen LogP contribution in [0.15, 0.2) is 36.4 Å². The van der Waals surface area contributed by atoms with Crippen LogP contribution in [0.2, 0.25) is 0 Å². The highest BCUT2D eigenvalue weighted by molar-refractivity contribution is 5.97. The fourth-order valence-electron chi connectivity index (χ4n) is 3.73. The maximum Gasteiger partial charge on any atom is 0.433 e. The van der Waals surface area contributed by atoms with Gasteiger partial charge in [0.15, 0.2) is 17.0 Å². The molecule has 0 N–H and O–H groups in total. The summed E-state index contributed by atoms with van der Waals surface area (Å²) in [5.74, 6) is -0.0654. The van der Waals surface area contributed by atoms with Crippen molar-refractivity contribution in [3.63, 3.8) is 0 Å². The Morgan fingerprint density at radius 3 is 2.41 bits per heavy atom. The van der Waals surface area contributed by atoms with Crippen molar-refractivity contribution in [1.29, 1.82) is 0 Å². The number of hydrogen-bond acceptors (Lipinski definition) is 6. The summed E-state index contributed by atoms with van der Waals surface area (Å²) in [6, 6.07) is 9.62. The molecule has 0 saturated heterocycles. The third kappa shape index (κ3) is 3.31. The third-order valence-electron chi connectivity index (χ3n) is 5.47. The number of halogens is 3. The Bertz CT molecular complexity index is 1360. The molecule has 3 aromatic heterocycles. The first-order valence-corrected chi connectivity index (χ1v) is 9.84. The van der Waals surface area contributed by atoms with E-state index in [1.807, 2.05) is 0 Å². The zero-order valence-electron chi connectivity index (χ0n) is 17.1. The van der Waals surface area contributed by atoms with Gasteiger partial charge in [0.05, 0.1) is 25.3 Å². The molecule has 7 nitrogen and oxygen atoms in total. The van der Waals surface area contributed by atoms with Crippen LogP contribution in [0.4, 0.5) is 13.2 Å². The molecule has 5 rings (SSSR count). The number of esters is 1. The van der Waals surface area contributed by atoms with Crippen LogP contribution in [0.1, 0.15) is 40.5 Å². The van der Waals surface area contributed by atoms with Crippen LogP contribution >= 0.6 is 0 Å². The fraction of sp³-hybridized carbons (Fsp3) is 0.273. The molecule has 0 radical (unpaired) electrons. The smallest absolute Gasteiger partial charge is 0.433 e. The van der Waals surface area contributed by atoms with Crippen molar-refractivity contribution in [1.82, 2.24) is 19.6 Å². The second kappa shape index (κ2) is 7.18. The number of rotatable bonds is 4. The van der Waals surface area contributed by atoms with E-state index in [1.165, 1.54) is 17.7 Å². The molecule has 3 heterocycles. The Morgan fingerprint density at radius 2 is 1.81 bits per heavy atom. The molecule has 164 valence electrons. The minimum Gasteiger partial charge on any atom is -0.497 e. The summed E-state index contributed by atoms with van der Waals surface area (Å²) < 4.78 is 51.6. The molecule has 1 aliphatic rings. The highest BCUT2D eigenvalue weighted by Crippen LogP contribution is 2.45. The van der Waals surface area contributed by atoms with Gasteiger partial charge in [0.25, 0.3) is 0 Å². The molecule has 1 fully saturated rings. The number of nitrogens with zero attached hydrogens (tertiary/aromatic N) is 4. The fourth-order valence-corrected chi connectivity index (χ4v) is 3.73. The zero-order chi connectivity index (χ0) is 22.6. The van der Waals surface area contributed by atoms with Gasteiger partial charge in [0.1, 0.15) is 11.4 Å². The van der Waals surface area contributed by atoms with Gasteiger partial charge >= 0.3 is 12.1 Å². The van der Waals surface area contributed by atoms with Crippen LogP contribution < -0.4 is 4.74 Å². The van der Waals surface area contributed by atoms with E-state index in [1.54, 1.807) is 31.4 Å². The third-order valence-corrected chi connectivity index (χ3v) is 5.47. The monoisotopic (exact) mass is 442 g/mol. The molecule has 32 heavy (non-hydrogen) atoms. The maximum atomic E-state index is 13.4. The van der Waals surface area contributed by atoms with Crippen molar-refractivity contribution in [2.45, 2.75) is 24.9 Å². The number of benzene rings is 1. The lowest BCUT2D eigenvalue weighted by atomic mass is 10.1. The van der Waals surface area contributed by atoms with E-state index in [4.69, 9.17) is 9.47 Å². The van der Waals surface area contributed by atoms with Crippen molar-refractivity contribution >= 4 is 22.6 Å². The number of pyridine rings is 1. The lowest BCUT2D eigenvalue weighted by Crippen LogP contribution is -2.10. The summed E-state index contributed by atoms with van der Waals surface area (Å²) in [4.78, 5) is 20.9. The molecule has 0 amide bonds. The normalized spacial score (nSPS) is 14.2. The van der Waals surface area contributed by atoms with Crippen LogP contribution in [-0.2, 0) is 10.9 Å². The quantitative estimate of drug-likeness (QED) is 0.429. The standard InChI is InChI=1S/C22H17F3N4O3/c1-31-13-7-5-12(6-8-13)15-10-16(21(30)32-2)29-20(26-15)18-14(11-3-4-11)9-17(22(23,24)25)27-19(18)28-29/h5-11H,3-4H2,1-2H3. The first-order valence-electron chi connectivity index (χ1n) is 9.84.